The molecule has 9 heteroatoms. The van der Waals surface area contributed by atoms with E-state index in [4.69, 9.17) is 9.72 Å². The highest BCUT2D eigenvalue weighted by Gasteiger charge is 2.28. The van der Waals surface area contributed by atoms with Gasteiger partial charge in [0.1, 0.15) is 17.3 Å². The van der Waals surface area contributed by atoms with Gasteiger partial charge in [-0.25, -0.2) is 14.4 Å². The molecule has 0 spiro atoms. The van der Waals surface area contributed by atoms with Crippen molar-refractivity contribution < 1.29 is 13.9 Å². The zero-order chi connectivity index (χ0) is 26.2. The number of fused-ring (bicyclic) bond motifs is 2. The Hall–Kier alpha value is -3.82. The number of halogens is 1. The number of carbonyl (C=O) groups excluding carboxylic acids is 1. The number of amides is 1. The van der Waals surface area contributed by atoms with Crippen LogP contribution in [0.25, 0.3) is 16.9 Å². The summed E-state index contributed by atoms with van der Waals surface area (Å²) >= 11 is 0. The van der Waals surface area contributed by atoms with E-state index >= 15 is 0 Å². The van der Waals surface area contributed by atoms with E-state index in [0.717, 1.165) is 61.8 Å². The average Bonchev–Trinajstić information content (AvgIpc) is 3.68. The Bertz CT molecular complexity index is 1510. The molecular formula is C29H31FN6O2. The third kappa shape index (κ3) is 4.41. The van der Waals surface area contributed by atoms with E-state index in [0.29, 0.717) is 35.2 Å². The van der Waals surface area contributed by atoms with Crippen molar-refractivity contribution in [3.8, 4) is 11.3 Å². The SMILES string of the molecule is CCN(CC)Cc1nc(Nc2ccc(-c3cnc4cc(F)ccn34)c3c2C(=O)NC3)ccc1[C@@H]1CCOC1. The lowest BCUT2D eigenvalue weighted by atomic mass is 9.96. The van der Waals surface area contributed by atoms with Crippen LogP contribution in [0.3, 0.4) is 0 Å². The fraction of sp³-hybridized carbons (Fsp3) is 0.345. The van der Waals surface area contributed by atoms with Crippen LogP contribution in [0.5, 0.6) is 0 Å². The molecule has 1 aromatic carbocycles. The Kier molecular flexibility index (Phi) is 6.55. The van der Waals surface area contributed by atoms with Crippen molar-refractivity contribution >= 4 is 23.1 Å². The zero-order valence-corrected chi connectivity index (χ0v) is 21.6. The highest BCUT2D eigenvalue weighted by Crippen LogP contribution is 2.36. The van der Waals surface area contributed by atoms with Crippen LogP contribution in [0.15, 0.2) is 48.8 Å². The number of nitrogens with one attached hydrogen (secondary N) is 2. The first kappa shape index (κ1) is 24.5. The van der Waals surface area contributed by atoms with Crippen molar-refractivity contribution in [3.05, 3.63) is 77.0 Å². The Morgan fingerprint density at radius 1 is 1.21 bits per heavy atom. The minimum atomic E-state index is -0.337. The summed E-state index contributed by atoms with van der Waals surface area (Å²) in [5, 5.41) is 6.39. The van der Waals surface area contributed by atoms with E-state index in [1.54, 1.807) is 12.4 Å². The van der Waals surface area contributed by atoms with E-state index in [1.165, 1.54) is 17.7 Å². The smallest absolute Gasteiger partial charge is 0.254 e. The van der Waals surface area contributed by atoms with Gasteiger partial charge >= 0.3 is 0 Å². The van der Waals surface area contributed by atoms with E-state index in [1.807, 2.05) is 22.6 Å². The molecule has 6 rings (SSSR count). The maximum atomic E-state index is 13.7. The lowest BCUT2D eigenvalue weighted by Crippen LogP contribution is -2.24. The molecule has 0 aliphatic carbocycles. The summed E-state index contributed by atoms with van der Waals surface area (Å²) in [6.07, 6.45) is 4.38. The van der Waals surface area contributed by atoms with Crippen LogP contribution in [0.4, 0.5) is 15.9 Å². The molecule has 1 fully saturated rings. The van der Waals surface area contributed by atoms with Gasteiger partial charge in [-0.05, 0) is 48.8 Å². The Morgan fingerprint density at radius 3 is 2.87 bits per heavy atom. The van der Waals surface area contributed by atoms with Gasteiger partial charge in [-0.1, -0.05) is 26.0 Å². The van der Waals surface area contributed by atoms with Gasteiger partial charge in [-0.2, -0.15) is 0 Å². The molecular weight excluding hydrogens is 483 g/mol. The summed E-state index contributed by atoms with van der Waals surface area (Å²) in [4.78, 5) is 24.7. The quantitative estimate of drug-likeness (QED) is 0.349. The minimum Gasteiger partial charge on any atom is -0.381 e. The standard InChI is InChI=1S/C29H31FN6O2/c1-3-35(4-2)16-24-20(18-10-12-38-17-18)6-8-26(34-24)33-23-7-5-21(22-14-32-29(37)28(22)23)25-15-31-27-13-19(30)9-11-36(25)27/h5-9,11,13,15,18H,3-4,10,12,14,16-17H2,1-2H3,(H,32,37)(H,33,34)/t18-/m1/s1. The normalized spacial score (nSPS) is 16.8. The molecule has 2 N–H and O–H groups in total. The van der Waals surface area contributed by atoms with Gasteiger partial charge in [0.15, 0.2) is 0 Å². The number of ether oxygens (including phenoxy) is 1. The first-order chi connectivity index (χ1) is 18.6. The predicted molar refractivity (Wildman–Crippen MR) is 144 cm³/mol. The van der Waals surface area contributed by atoms with Crippen LogP contribution >= 0.6 is 0 Å². The van der Waals surface area contributed by atoms with E-state index < -0.39 is 0 Å². The van der Waals surface area contributed by atoms with Crippen molar-refractivity contribution in [2.75, 3.05) is 31.6 Å². The molecule has 1 atom stereocenters. The fourth-order valence-electron chi connectivity index (χ4n) is 5.50. The number of hydrogen-bond donors (Lipinski definition) is 2. The number of anilines is 2. The van der Waals surface area contributed by atoms with E-state index in [9.17, 15) is 9.18 Å². The Labute approximate surface area is 220 Å². The number of nitrogens with zero attached hydrogens (tertiary/aromatic N) is 4. The molecule has 4 aromatic rings. The Balaban J connectivity index is 1.37. The van der Waals surface area contributed by atoms with Crippen LogP contribution in [-0.4, -0.2) is 51.5 Å². The number of benzene rings is 1. The highest BCUT2D eigenvalue weighted by atomic mass is 19.1. The van der Waals surface area contributed by atoms with Gasteiger partial charge in [-0.15, -0.1) is 0 Å². The number of hydrogen-bond acceptors (Lipinski definition) is 6. The van der Waals surface area contributed by atoms with Crippen LogP contribution in [0.2, 0.25) is 0 Å². The van der Waals surface area contributed by atoms with E-state index in [2.05, 4.69) is 40.4 Å². The van der Waals surface area contributed by atoms with E-state index in [-0.39, 0.29) is 11.7 Å². The summed E-state index contributed by atoms with van der Waals surface area (Å²) in [5.74, 6) is 0.591. The van der Waals surface area contributed by atoms with Crippen molar-refractivity contribution in [1.29, 1.82) is 0 Å². The molecule has 2 aliphatic heterocycles. The third-order valence-electron chi connectivity index (χ3n) is 7.63. The van der Waals surface area contributed by atoms with Gasteiger partial charge < -0.3 is 15.4 Å². The highest BCUT2D eigenvalue weighted by molar-refractivity contribution is 6.06. The molecule has 196 valence electrons. The van der Waals surface area contributed by atoms with Crippen LogP contribution in [0.1, 0.15) is 53.4 Å². The summed E-state index contributed by atoms with van der Waals surface area (Å²) in [6.45, 7) is 8.90. The number of carbonyl (C=O) groups is 1. The number of rotatable bonds is 8. The van der Waals surface area contributed by atoms with Crippen LogP contribution in [0, 0.1) is 5.82 Å². The van der Waals surface area contributed by atoms with Gasteiger partial charge in [0, 0.05) is 43.4 Å². The molecule has 3 aromatic heterocycles. The van der Waals surface area contributed by atoms with Crippen LogP contribution in [-0.2, 0) is 17.8 Å². The first-order valence-electron chi connectivity index (χ1n) is 13.2. The summed E-state index contributed by atoms with van der Waals surface area (Å²) in [6, 6.07) is 10.8. The van der Waals surface area contributed by atoms with Gasteiger partial charge in [0.05, 0.1) is 35.4 Å². The molecule has 1 saturated heterocycles. The Morgan fingerprint density at radius 2 is 2.08 bits per heavy atom. The second-order valence-corrected chi connectivity index (χ2v) is 9.79. The average molecular weight is 515 g/mol. The summed E-state index contributed by atoms with van der Waals surface area (Å²) in [7, 11) is 0. The molecule has 0 saturated carbocycles. The zero-order valence-electron chi connectivity index (χ0n) is 21.6. The summed E-state index contributed by atoms with van der Waals surface area (Å²) < 4.78 is 21.2. The van der Waals surface area contributed by atoms with Gasteiger partial charge in [-0.3, -0.25) is 14.1 Å². The molecule has 5 heterocycles. The topological polar surface area (TPSA) is 83.8 Å². The number of aromatic nitrogens is 3. The summed E-state index contributed by atoms with van der Waals surface area (Å²) in [5.41, 5.74) is 6.68. The molecule has 8 nitrogen and oxygen atoms in total. The molecule has 1 amide bonds. The molecule has 38 heavy (non-hydrogen) atoms. The van der Waals surface area contributed by atoms with Crippen molar-refractivity contribution in [2.45, 2.75) is 39.3 Å². The molecule has 2 aliphatic rings. The van der Waals surface area contributed by atoms with Crippen LogP contribution < -0.4 is 10.6 Å². The largest absolute Gasteiger partial charge is 0.381 e. The monoisotopic (exact) mass is 514 g/mol. The lowest BCUT2D eigenvalue weighted by molar-refractivity contribution is 0.0966. The number of pyridine rings is 2. The second-order valence-electron chi connectivity index (χ2n) is 9.79. The lowest BCUT2D eigenvalue weighted by Gasteiger charge is -2.22. The maximum Gasteiger partial charge on any atom is 0.254 e. The van der Waals surface area contributed by atoms with Gasteiger partial charge in [0.25, 0.3) is 5.91 Å². The fourth-order valence-corrected chi connectivity index (χ4v) is 5.50. The second kappa shape index (κ2) is 10.2. The molecule has 0 unspecified atom stereocenters. The van der Waals surface area contributed by atoms with Crippen molar-refractivity contribution in [1.82, 2.24) is 24.6 Å². The number of imidazole rings is 1. The third-order valence-corrected chi connectivity index (χ3v) is 7.63. The van der Waals surface area contributed by atoms with Crippen molar-refractivity contribution in [3.63, 3.8) is 0 Å². The van der Waals surface area contributed by atoms with Crippen molar-refractivity contribution in [2.24, 2.45) is 0 Å². The maximum absolute atomic E-state index is 13.7. The molecule has 0 bridgehead atoms. The molecule has 0 radical (unpaired) electrons. The van der Waals surface area contributed by atoms with Gasteiger partial charge in [0.2, 0.25) is 0 Å². The first-order valence-corrected chi connectivity index (χ1v) is 13.2. The predicted octanol–water partition coefficient (Wildman–Crippen LogP) is 4.87. The minimum absolute atomic E-state index is 0.132.